The van der Waals surface area contributed by atoms with Crippen molar-refractivity contribution < 1.29 is 9.84 Å². The van der Waals surface area contributed by atoms with Crippen LogP contribution in [-0.2, 0) is 4.74 Å². The van der Waals surface area contributed by atoms with Gasteiger partial charge in [-0.15, -0.1) is 0 Å². The van der Waals surface area contributed by atoms with E-state index in [1.54, 1.807) is 0 Å². The predicted octanol–water partition coefficient (Wildman–Crippen LogP) is 1.00. The number of aliphatic hydroxyl groups excluding tert-OH is 1. The Balaban J connectivity index is 2.64. The van der Waals surface area contributed by atoms with E-state index >= 15 is 0 Å². The van der Waals surface area contributed by atoms with Crippen molar-refractivity contribution in [3.05, 3.63) is 35.4 Å². The zero-order valence-corrected chi connectivity index (χ0v) is 8.44. The molecule has 1 aromatic rings. The van der Waals surface area contributed by atoms with E-state index in [-0.39, 0.29) is 12.7 Å². The maximum absolute atomic E-state index is 8.64. The van der Waals surface area contributed by atoms with Gasteiger partial charge < -0.3 is 15.6 Å². The first-order valence-electron chi connectivity index (χ1n) is 4.77. The van der Waals surface area contributed by atoms with Crippen LogP contribution in [0.15, 0.2) is 24.3 Å². The largest absolute Gasteiger partial charge is 0.394 e. The van der Waals surface area contributed by atoms with Gasteiger partial charge in [0.25, 0.3) is 0 Å². The normalized spacial score (nSPS) is 12.8. The van der Waals surface area contributed by atoms with Crippen LogP contribution in [0.25, 0.3) is 0 Å². The highest BCUT2D eigenvalue weighted by atomic mass is 16.5. The van der Waals surface area contributed by atoms with Crippen molar-refractivity contribution in [2.75, 3.05) is 19.8 Å². The second-order valence-corrected chi connectivity index (χ2v) is 3.23. The van der Waals surface area contributed by atoms with Crippen LogP contribution in [0, 0.1) is 6.92 Å². The Labute approximate surface area is 84.5 Å². The highest BCUT2D eigenvalue weighted by molar-refractivity contribution is 5.23. The lowest BCUT2D eigenvalue weighted by atomic mass is 10.1. The van der Waals surface area contributed by atoms with E-state index in [1.165, 1.54) is 5.56 Å². The van der Waals surface area contributed by atoms with Crippen LogP contribution in [0.4, 0.5) is 0 Å². The van der Waals surface area contributed by atoms with Crippen molar-refractivity contribution in [2.24, 2.45) is 5.73 Å². The highest BCUT2D eigenvalue weighted by Crippen LogP contribution is 2.16. The molecule has 0 amide bonds. The van der Waals surface area contributed by atoms with Gasteiger partial charge in [0.15, 0.2) is 0 Å². The smallest absolute Gasteiger partial charge is 0.0948 e. The Hall–Kier alpha value is -0.900. The molecule has 14 heavy (non-hydrogen) atoms. The first-order valence-corrected chi connectivity index (χ1v) is 4.77. The quantitative estimate of drug-likeness (QED) is 0.737. The summed E-state index contributed by atoms with van der Waals surface area (Å²) in [5.74, 6) is 0. The van der Waals surface area contributed by atoms with Crippen molar-refractivity contribution in [1.29, 1.82) is 0 Å². The summed E-state index contributed by atoms with van der Waals surface area (Å²) in [6.45, 7) is 2.83. The molecular formula is C11H17NO2. The van der Waals surface area contributed by atoms with Gasteiger partial charge >= 0.3 is 0 Å². The maximum atomic E-state index is 8.64. The summed E-state index contributed by atoms with van der Waals surface area (Å²) in [6.07, 6.45) is -0.109. The zero-order chi connectivity index (χ0) is 10.4. The molecule has 1 rings (SSSR count). The van der Waals surface area contributed by atoms with Gasteiger partial charge in [-0.1, -0.05) is 29.8 Å². The summed E-state index contributed by atoms with van der Waals surface area (Å²) < 4.78 is 5.39. The summed E-state index contributed by atoms with van der Waals surface area (Å²) in [4.78, 5) is 0. The first-order chi connectivity index (χ1) is 6.77. The Bertz CT molecular complexity index is 258. The van der Waals surface area contributed by atoms with Crippen LogP contribution in [0.3, 0.4) is 0 Å². The second-order valence-electron chi connectivity index (χ2n) is 3.23. The SMILES string of the molecule is Cc1ccc([C@@H](CN)OCCO)cc1. The van der Waals surface area contributed by atoms with Gasteiger partial charge in [0, 0.05) is 6.54 Å². The Morgan fingerprint density at radius 3 is 2.50 bits per heavy atom. The maximum Gasteiger partial charge on any atom is 0.0948 e. The lowest BCUT2D eigenvalue weighted by Crippen LogP contribution is -2.17. The molecule has 1 aromatic carbocycles. The third-order valence-corrected chi connectivity index (χ3v) is 2.07. The molecule has 0 aliphatic heterocycles. The van der Waals surface area contributed by atoms with Gasteiger partial charge in [-0.2, -0.15) is 0 Å². The predicted molar refractivity (Wildman–Crippen MR) is 56.0 cm³/mol. The number of ether oxygens (including phenoxy) is 1. The fraction of sp³-hybridized carbons (Fsp3) is 0.455. The molecule has 0 spiro atoms. The molecule has 0 saturated heterocycles. The first kappa shape index (κ1) is 11.2. The number of benzene rings is 1. The van der Waals surface area contributed by atoms with Crippen LogP contribution in [0.5, 0.6) is 0 Å². The minimum atomic E-state index is -0.109. The number of aliphatic hydroxyl groups is 1. The highest BCUT2D eigenvalue weighted by Gasteiger charge is 2.08. The van der Waals surface area contributed by atoms with E-state index in [1.807, 2.05) is 31.2 Å². The molecule has 1 atom stereocenters. The van der Waals surface area contributed by atoms with Crippen LogP contribution in [-0.4, -0.2) is 24.9 Å². The van der Waals surface area contributed by atoms with Gasteiger partial charge in [-0.05, 0) is 12.5 Å². The number of aryl methyl sites for hydroxylation is 1. The second kappa shape index (κ2) is 5.75. The van der Waals surface area contributed by atoms with Gasteiger partial charge in [0.1, 0.15) is 0 Å². The lowest BCUT2D eigenvalue weighted by Gasteiger charge is -2.15. The Morgan fingerprint density at radius 2 is 2.00 bits per heavy atom. The molecule has 3 nitrogen and oxygen atoms in total. The zero-order valence-electron chi connectivity index (χ0n) is 8.44. The van der Waals surface area contributed by atoms with Crippen molar-refractivity contribution in [1.82, 2.24) is 0 Å². The summed E-state index contributed by atoms with van der Waals surface area (Å²) >= 11 is 0. The summed E-state index contributed by atoms with van der Waals surface area (Å²) in [7, 11) is 0. The summed E-state index contributed by atoms with van der Waals surface area (Å²) in [6, 6.07) is 8.06. The van der Waals surface area contributed by atoms with E-state index in [0.717, 1.165) is 5.56 Å². The topological polar surface area (TPSA) is 55.5 Å². The molecule has 78 valence electrons. The van der Waals surface area contributed by atoms with E-state index in [9.17, 15) is 0 Å². The number of hydrogen-bond donors (Lipinski definition) is 2. The Kier molecular flexibility index (Phi) is 4.59. The fourth-order valence-electron chi connectivity index (χ4n) is 1.28. The van der Waals surface area contributed by atoms with Gasteiger partial charge in [0.2, 0.25) is 0 Å². The lowest BCUT2D eigenvalue weighted by molar-refractivity contribution is 0.0329. The monoisotopic (exact) mass is 195 g/mol. The van der Waals surface area contributed by atoms with Gasteiger partial charge in [0.05, 0.1) is 19.3 Å². The molecule has 0 bridgehead atoms. The molecule has 3 heteroatoms. The summed E-state index contributed by atoms with van der Waals surface area (Å²) in [5.41, 5.74) is 7.85. The fourth-order valence-corrected chi connectivity index (χ4v) is 1.28. The number of nitrogens with two attached hydrogens (primary N) is 1. The minimum absolute atomic E-state index is 0.0301. The number of hydrogen-bond acceptors (Lipinski definition) is 3. The third-order valence-electron chi connectivity index (χ3n) is 2.07. The molecular weight excluding hydrogens is 178 g/mol. The molecule has 3 N–H and O–H groups in total. The number of rotatable bonds is 5. The average molecular weight is 195 g/mol. The average Bonchev–Trinajstić information content (AvgIpc) is 2.21. The molecule has 0 unspecified atom stereocenters. The van der Waals surface area contributed by atoms with Gasteiger partial charge in [-0.25, -0.2) is 0 Å². The Morgan fingerprint density at radius 1 is 1.36 bits per heavy atom. The third kappa shape index (κ3) is 3.10. The van der Waals surface area contributed by atoms with Crippen LogP contribution in [0.2, 0.25) is 0 Å². The van der Waals surface area contributed by atoms with E-state index in [0.29, 0.717) is 13.2 Å². The van der Waals surface area contributed by atoms with Crippen LogP contribution >= 0.6 is 0 Å². The molecule has 0 aliphatic carbocycles. The van der Waals surface area contributed by atoms with Crippen LogP contribution < -0.4 is 5.73 Å². The summed E-state index contributed by atoms with van der Waals surface area (Å²) in [5, 5.41) is 8.64. The molecule has 0 heterocycles. The van der Waals surface area contributed by atoms with E-state index in [4.69, 9.17) is 15.6 Å². The van der Waals surface area contributed by atoms with Crippen molar-refractivity contribution in [3.63, 3.8) is 0 Å². The molecule has 0 aliphatic rings. The minimum Gasteiger partial charge on any atom is -0.394 e. The molecule has 0 fully saturated rings. The molecule has 0 aromatic heterocycles. The van der Waals surface area contributed by atoms with E-state index < -0.39 is 0 Å². The molecule has 0 saturated carbocycles. The van der Waals surface area contributed by atoms with Crippen molar-refractivity contribution in [2.45, 2.75) is 13.0 Å². The van der Waals surface area contributed by atoms with Crippen molar-refractivity contribution in [3.8, 4) is 0 Å². The van der Waals surface area contributed by atoms with Gasteiger partial charge in [-0.3, -0.25) is 0 Å². The standard InChI is InChI=1S/C11H17NO2/c1-9-2-4-10(5-3-9)11(8-12)14-7-6-13/h2-5,11,13H,6-8,12H2,1H3/t11-/m1/s1. The van der Waals surface area contributed by atoms with Crippen LogP contribution in [0.1, 0.15) is 17.2 Å². The molecule has 0 radical (unpaired) electrons. The van der Waals surface area contributed by atoms with E-state index in [2.05, 4.69) is 0 Å². The van der Waals surface area contributed by atoms with Crippen molar-refractivity contribution >= 4 is 0 Å².